The molecule has 0 amide bonds. The number of rotatable bonds is 3. The lowest BCUT2D eigenvalue weighted by Gasteiger charge is -2.21. The standard InChI is InChI=1S/C19H17N3S/c1-14-12-23-13-22(14)19-9-5-2-6-15(19)10-11-18-16-7-3-4-8-17(16)20-21-18/h2-12H,13H2,1H3,(H,20,21)/b11-10+. The zero-order valence-corrected chi connectivity index (χ0v) is 13.7. The molecule has 3 nitrogen and oxygen atoms in total. The van der Waals surface area contributed by atoms with Crippen LogP contribution in [0.4, 0.5) is 5.69 Å². The number of fused-ring (bicyclic) bond motifs is 1. The van der Waals surface area contributed by atoms with E-state index in [0.717, 1.165) is 22.5 Å². The monoisotopic (exact) mass is 319 g/mol. The van der Waals surface area contributed by atoms with Crippen molar-refractivity contribution in [1.82, 2.24) is 10.2 Å². The Labute approximate surface area is 139 Å². The van der Waals surface area contributed by atoms with Gasteiger partial charge in [0, 0.05) is 16.8 Å². The Bertz CT molecular complexity index is 908. The minimum atomic E-state index is 0.971. The summed E-state index contributed by atoms with van der Waals surface area (Å²) >= 11 is 1.83. The van der Waals surface area contributed by atoms with Crippen LogP contribution in [0.15, 0.2) is 59.6 Å². The van der Waals surface area contributed by atoms with E-state index in [1.54, 1.807) is 0 Å². The van der Waals surface area contributed by atoms with Gasteiger partial charge in [-0.3, -0.25) is 5.10 Å². The highest BCUT2D eigenvalue weighted by molar-refractivity contribution is 8.02. The van der Waals surface area contributed by atoms with E-state index in [-0.39, 0.29) is 0 Å². The van der Waals surface area contributed by atoms with E-state index < -0.39 is 0 Å². The lowest BCUT2D eigenvalue weighted by atomic mass is 10.1. The van der Waals surface area contributed by atoms with Crippen LogP contribution in [0.5, 0.6) is 0 Å². The van der Waals surface area contributed by atoms with Gasteiger partial charge in [0.05, 0.1) is 17.1 Å². The van der Waals surface area contributed by atoms with Crippen molar-refractivity contribution in [2.24, 2.45) is 0 Å². The number of nitrogens with zero attached hydrogens (tertiary/aromatic N) is 2. The fraction of sp³-hybridized carbons (Fsp3) is 0.105. The Morgan fingerprint density at radius 3 is 2.78 bits per heavy atom. The molecule has 1 aliphatic heterocycles. The van der Waals surface area contributed by atoms with E-state index in [1.807, 2.05) is 30.0 Å². The van der Waals surface area contributed by atoms with Crippen molar-refractivity contribution in [3.63, 3.8) is 0 Å². The van der Waals surface area contributed by atoms with Crippen LogP contribution < -0.4 is 4.90 Å². The third kappa shape index (κ3) is 2.66. The maximum Gasteiger partial charge on any atom is 0.0927 e. The quantitative estimate of drug-likeness (QED) is 0.728. The van der Waals surface area contributed by atoms with Crippen molar-refractivity contribution in [3.8, 4) is 0 Å². The van der Waals surface area contributed by atoms with Gasteiger partial charge in [0.25, 0.3) is 0 Å². The van der Waals surface area contributed by atoms with Crippen LogP contribution in [0, 0.1) is 0 Å². The molecular weight excluding hydrogens is 302 g/mol. The topological polar surface area (TPSA) is 31.9 Å². The van der Waals surface area contributed by atoms with Crippen molar-refractivity contribution < 1.29 is 0 Å². The SMILES string of the molecule is CC1=CSCN1c1ccccc1/C=C/c1n[nH]c2ccccc12. The van der Waals surface area contributed by atoms with E-state index in [0.29, 0.717) is 0 Å². The van der Waals surface area contributed by atoms with Crippen LogP contribution >= 0.6 is 11.8 Å². The van der Waals surface area contributed by atoms with E-state index >= 15 is 0 Å². The summed E-state index contributed by atoms with van der Waals surface area (Å²) in [7, 11) is 0. The first-order chi connectivity index (χ1) is 11.3. The molecule has 1 aliphatic rings. The fourth-order valence-electron chi connectivity index (χ4n) is 2.81. The highest BCUT2D eigenvalue weighted by Gasteiger charge is 2.15. The number of aromatic amines is 1. The van der Waals surface area contributed by atoms with Gasteiger partial charge in [-0.1, -0.05) is 42.5 Å². The number of thioether (sulfide) groups is 1. The Kier molecular flexibility index (Phi) is 3.67. The Hall–Kier alpha value is -2.46. The summed E-state index contributed by atoms with van der Waals surface area (Å²) in [4.78, 5) is 2.34. The molecule has 0 bridgehead atoms. The third-order valence-electron chi connectivity index (χ3n) is 4.03. The molecule has 0 atom stereocenters. The van der Waals surface area contributed by atoms with Gasteiger partial charge >= 0.3 is 0 Å². The average Bonchev–Trinajstić information content (AvgIpc) is 3.19. The molecular formula is C19H17N3S. The normalized spacial score (nSPS) is 14.8. The lowest BCUT2D eigenvalue weighted by Crippen LogP contribution is -2.16. The zero-order valence-electron chi connectivity index (χ0n) is 12.9. The maximum absolute atomic E-state index is 4.41. The summed E-state index contributed by atoms with van der Waals surface area (Å²) in [5, 5.41) is 10.8. The molecule has 4 rings (SSSR count). The van der Waals surface area contributed by atoms with Crippen molar-refractivity contribution in [1.29, 1.82) is 0 Å². The van der Waals surface area contributed by atoms with Gasteiger partial charge in [-0.15, -0.1) is 11.8 Å². The minimum absolute atomic E-state index is 0.971. The van der Waals surface area contributed by atoms with Crippen LogP contribution in [0.1, 0.15) is 18.2 Å². The lowest BCUT2D eigenvalue weighted by molar-refractivity contribution is 1.08. The number of nitrogens with one attached hydrogen (secondary N) is 1. The summed E-state index contributed by atoms with van der Waals surface area (Å²) < 4.78 is 0. The second-order valence-electron chi connectivity index (χ2n) is 5.53. The Morgan fingerprint density at radius 2 is 1.91 bits per heavy atom. The Balaban J connectivity index is 1.70. The smallest absolute Gasteiger partial charge is 0.0927 e. The highest BCUT2D eigenvalue weighted by atomic mass is 32.2. The molecule has 0 aliphatic carbocycles. The van der Waals surface area contributed by atoms with Crippen molar-refractivity contribution >= 4 is 40.5 Å². The molecule has 0 unspecified atom stereocenters. The highest BCUT2D eigenvalue weighted by Crippen LogP contribution is 2.32. The maximum atomic E-state index is 4.41. The molecule has 3 aromatic rings. The zero-order chi connectivity index (χ0) is 15.6. The summed E-state index contributed by atoms with van der Waals surface area (Å²) in [5.41, 5.74) is 5.77. The molecule has 0 saturated heterocycles. The number of H-pyrrole nitrogens is 1. The number of hydrogen-bond donors (Lipinski definition) is 1. The van der Waals surface area contributed by atoms with Gasteiger partial charge in [0.2, 0.25) is 0 Å². The molecule has 0 spiro atoms. The first-order valence-electron chi connectivity index (χ1n) is 7.59. The average molecular weight is 319 g/mol. The van der Waals surface area contributed by atoms with Gasteiger partial charge in [-0.2, -0.15) is 5.10 Å². The molecule has 2 aromatic carbocycles. The first-order valence-corrected chi connectivity index (χ1v) is 8.64. The first kappa shape index (κ1) is 14.2. The molecule has 1 aromatic heterocycles. The molecule has 0 radical (unpaired) electrons. The summed E-state index contributed by atoms with van der Waals surface area (Å²) in [6, 6.07) is 16.7. The second kappa shape index (κ2) is 5.97. The number of allylic oxidation sites excluding steroid dienone is 1. The summed E-state index contributed by atoms with van der Waals surface area (Å²) in [6.07, 6.45) is 4.23. The largest absolute Gasteiger partial charge is 0.334 e. The van der Waals surface area contributed by atoms with E-state index in [4.69, 9.17) is 0 Å². The van der Waals surface area contributed by atoms with E-state index in [1.165, 1.54) is 16.9 Å². The molecule has 2 heterocycles. The molecule has 4 heteroatoms. The molecule has 0 saturated carbocycles. The molecule has 114 valence electrons. The number of hydrogen-bond acceptors (Lipinski definition) is 3. The van der Waals surface area contributed by atoms with Crippen LogP contribution in [0.2, 0.25) is 0 Å². The Morgan fingerprint density at radius 1 is 1.09 bits per heavy atom. The predicted molar refractivity (Wildman–Crippen MR) is 100 cm³/mol. The molecule has 0 fully saturated rings. The van der Waals surface area contributed by atoms with E-state index in [2.05, 4.69) is 69.9 Å². The van der Waals surface area contributed by atoms with E-state index in [9.17, 15) is 0 Å². The van der Waals surface area contributed by atoms with Crippen molar-refractivity contribution in [3.05, 3.63) is 70.9 Å². The van der Waals surface area contributed by atoms with Crippen LogP contribution in [0.25, 0.3) is 23.1 Å². The predicted octanol–water partition coefficient (Wildman–Crippen LogP) is 5.11. The third-order valence-corrected chi connectivity index (χ3v) is 4.95. The van der Waals surface area contributed by atoms with Crippen molar-refractivity contribution in [2.45, 2.75) is 6.92 Å². The number of benzene rings is 2. The van der Waals surface area contributed by atoms with Crippen molar-refractivity contribution in [2.75, 3.05) is 10.8 Å². The number of para-hydroxylation sites is 2. The van der Waals surface area contributed by atoms with Crippen LogP contribution in [-0.2, 0) is 0 Å². The molecule has 1 N–H and O–H groups in total. The molecule has 23 heavy (non-hydrogen) atoms. The summed E-state index contributed by atoms with van der Waals surface area (Å²) in [6.45, 7) is 2.15. The minimum Gasteiger partial charge on any atom is -0.334 e. The van der Waals surface area contributed by atoms with Gasteiger partial charge in [0.1, 0.15) is 0 Å². The number of anilines is 1. The summed E-state index contributed by atoms with van der Waals surface area (Å²) in [5.74, 6) is 0.974. The van der Waals surface area contributed by atoms with Gasteiger partial charge < -0.3 is 4.90 Å². The fourth-order valence-corrected chi connectivity index (χ4v) is 3.75. The van der Waals surface area contributed by atoms with Gasteiger partial charge in [-0.05, 0) is 36.1 Å². The van der Waals surface area contributed by atoms with Gasteiger partial charge in [-0.25, -0.2) is 0 Å². The van der Waals surface area contributed by atoms with Crippen LogP contribution in [0.3, 0.4) is 0 Å². The number of aromatic nitrogens is 2. The van der Waals surface area contributed by atoms with Crippen LogP contribution in [-0.4, -0.2) is 16.1 Å². The van der Waals surface area contributed by atoms with Gasteiger partial charge in [0.15, 0.2) is 0 Å². The second-order valence-corrected chi connectivity index (χ2v) is 6.36.